The lowest BCUT2D eigenvalue weighted by atomic mass is 10.1. The number of hydrogen-bond donors (Lipinski definition) is 1. The van der Waals surface area contributed by atoms with Crippen molar-refractivity contribution in [3.05, 3.63) is 89.5 Å². The van der Waals surface area contributed by atoms with E-state index in [4.69, 9.17) is 18.9 Å². The van der Waals surface area contributed by atoms with Crippen LogP contribution in [0.2, 0.25) is 0 Å². The second kappa shape index (κ2) is 13.2. The molecule has 1 N–H and O–H groups in total. The molecule has 8 heteroatoms. The maximum Gasteiger partial charge on any atom is 0.410 e. The van der Waals surface area contributed by atoms with Crippen molar-refractivity contribution in [2.24, 2.45) is 0 Å². The summed E-state index contributed by atoms with van der Waals surface area (Å²) in [5.74, 6) is 1.17. The standard InChI is InChI=1S/C28H31NO7/c1-20(30)36-24-12-10-23(11-13-24)25(31)18-29(28(32)35-19-22-7-5-4-6-8-22)16-15-21-9-14-26(33-2)27(17-21)34-3/h4-14,17,25,31H,15-16,18-19H2,1-3H3. The molecule has 0 aromatic heterocycles. The van der Waals surface area contributed by atoms with Gasteiger partial charge in [-0.2, -0.15) is 0 Å². The molecule has 0 saturated carbocycles. The summed E-state index contributed by atoms with van der Waals surface area (Å²) in [6, 6.07) is 21.5. The second-order valence-corrected chi connectivity index (χ2v) is 8.10. The van der Waals surface area contributed by atoms with Crippen molar-refractivity contribution in [2.75, 3.05) is 27.3 Å². The van der Waals surface area contributed by atoms with Gasteiger partial charge in [0.1, 0.15) is 12.4 Å². The van der Waals surface area contributed by atoms with Crippen LogP contribution in [-0.4, -0.2) is 49.4 Å². The Morgan fingerprint density at radius 1 is 0.889 bits per heavy atom. The van der Waals surface area contributed by atoms with Gasteiger partial charge < -0.3 is 29.0 Å². The number of aliphatic hydroxyl groups is 1. The van der Waals surface area contributed by atoms with E-state index in [1.165, 1.54) is 11.8 Å². The molecule has 190 valence electrons. The van der Waals surface area contributed by atoms with Gasteiger partial charge in [0.25, 0.3) is 0 Å². The Kier molecular flexibility index (Phi) is 9.71. The summed E-state index contributed by atoms with van der Waals surface area (Å²) >= 11 is 0. The molecule has 0 aliphatic rings. The molecule has 0 heterocycles. The Balaban J connectivity index is 1.71. The van der Waals surface area contributed by atoms with Crippen LogP contribution in [0.25, 0.3) is 0 Å². The zero-order valence-corrected chi connectivity index (χ0v) is 20.7. The zero-order valence-electron chi connectivity index (χ0n) is 20.7. The van der Waals surface area contributed by atoms with Crippen molar-refractivity contribution in [3.63, 3.8) is 0 Å². The number of hydrogen-bond acceptors (Lipinski definition) is 7. The number of carbonyl (C=O) groups excluding carboxylic acids is 2. The van der Waals surface area contributed by atoms with Gasteiger partial charge in [0, 0.05) is 13.5 Å². The van der Waals surface area contributed by atoms with Crippen molar-refractivity contribution in [2.45, 2.75) is 26.1 Å². The summed E-state index contributed by atoms with van der Waals surface area (Å²) in [6.45, 7) is 1.78. The highest BCUT2D eigenvalue weighted by atomic mass is 16.6. The quantitative estimate of drug-likeness (QED) is 0.309. The van der Waals surface area contributed by atoms with E-state index in [1.54, 1.807) is 38.5 Å². The molecule has 0 radical (unpaired) electrons. The van der Waals surface area contributed by atoms with Gasteiger partial charge in [-0.05, 0) is 47.4 Å². The topological polar surface area (TPSA) is 94.5 Å². The van der Waals surface area contributed by atoms with Crippen LogP contribution in [0.1, 0.15) is 29.7 Å². The summed E-state index contributed by atoms with van der Waals surface area (Å²) in [4.78, 5) is 25.6. The van der Waals surface area contributed by atoms with E-state index >= 15 is 0 Å². The summed E-state index contributed by atoms with van der Waals surface area (Å²) in [5, 5.41) is 10.9. The fourth-order valence-electron chi connectivity index (χ4n) is 3.61. The highest BCUT2D eigenvalue weighted by molar-refractivity contribution is 5.69. The van der Waals surface area contributed by atoms with Crippen LogP contribution in [-0.2, 0) is 22.6 Å². The lowest BCUT2D eigenvalue weighted by molar-refractivity contribution is -0.131. The van der Waals surface area contributed by atoms with Crippen LogP contribution in [0.4, 0.5) is 4.79 Å². The van der Waals surface area contributed by atoms with Gasteiger partial charge in [0.05, 0.1) is 26.9 Å². The molecule has 0 bridgehead atoms. The van der Waals surface area contributed by atoms with Gasteiger partial charge in [0.15, 0.2) is 11.5 Å². The monoisotopic (exact) mass is 493 g/mol. The van der Waals surface area contributed by atoms with E-state index in [1.807, 2.05) is 48.5 Å². The fourth-order valence-corrected chi connectivity index (χ4v) is 3.61. The molecular formula is C28H31NO7. The molecule has 1 atom stereocenters. The van der Waals surface area contributed by atoms with Crippen LogP contribution in [0.3, 0.4) is 0 Å². The number of ether oxygens (including phenoxy) is 4. The number of methoxy groups -OCH3 is 2. The molecule has 0 saturated heterocycles. The molecule has 1 amide bonds. The van der Waals surface area contributed by atoms with Crippen LogP contribution < -0.4 is 14.2 Å². The molecule has 0 aliphatic heterocycles. The second-order valence-electron chi connectivity index (χ2n) is 8.10. The lowest BCUT2D eigenvalue weighted by Gasteiger charge is -2.25. The van der Waals surface area contributed by atoms with Crippen LogP contribution in [0.15, 0.2) is 72.8 Å². The zero-order chi connectivity index (χ0) is 25.9. The van der Waals surface area contributed by atoms with E-state index < -0.39 is 18.2 Å². The third-order valence-electron chi connectivity index (χ3n) is 5.50. The van der Waals surface area contributed by atoms with Crippen molar-refractivity contribution in [3.8, 4) is 17.2 Å². The number of nitrogens with zero attached hydrogens (tertiary/aromatic N) is 1. The molecular weight excluding hydrogens is 462 g/mol. The maximum atomic E-state index is 13.0. The molecule has 1 unspecified atom stereocenters. The van der Waals surface area contributed by atoms with Crippen LogP contribution >= 0.6 is 0 Å². The maximum absolute atomic E-state index is 13.0. The molecule has 3 aromatic carbocycles. The van der Waals surface area contributed by atoms with E-state index in [9.17, 15) is 14.7 Å². The predicted molar refractivity (Wildman–Crippen MR) is 134 cm³/mol. The Hall–Kier alpha value is -4.04. The van der Waals surface area contributed by atoms with Gasteiger partial charge in [-0.15, -0.1) is 0 Å². The number of rotatable bonds is 11. The molecule has 3 aromatic rings. The van der Waals surface area contributed by atoms with E-state index in [0.29, 0.717) is 35.8 Å². The van der Waals surface area contributed by atoms with Crippen molar-refractivity contribution < 1.29 is 33.6 Å². The number of amides is 1. The molecule has 36 heavy (non-hydrogen) atoms. The Morgan fingerprint density at radius 2 is 1.58 bits per heavy atom. The molecule has 0 spiro atoms. The van der Waals surface area contributed by atoms with Gasteiger partial charge in [0.2, 0.25) is 0 Å². The minimum Gasteiger partial charge on any atom is -0.493 e. The first kappa shape index (κ1) is 26.6. The van der Waals surface area contributed by atoms with Gasteiger partial charge in [-0.25, -0.2) is 4.79 Å². The summed E-state index contributed by atoms with van der Waals surface area (Å²) in [5.41, 5.74) is 2.39. The minimum atomic E-state index is -0.967. The summed E-state index contributed by atoms with van der Waals surface area (Å²) in [7, 11) is 3.14. The minimum absolute atomic E-state index is 0.0217. The highest BCUT2D eigenvalue weighted by Gasteiger charge is 2.21. The molecule has 0 aliphatic carbocycles. The highest BCUT2D eigenvalue weighted by Crippen LogP contribution is 2.28. The third kappa shape index (κ3) is 7.74. The summed E-state index contributed by atoms with van der Waals surface area (Å²) in [6.07, 6.45) is -0.986. The first-order valence-corrected chi connectivity index (χ1v) is 11.5. The van der Waals surface area contributed by atoms with Crippen molar-refractivity contribution in [1.82, 2.24) is 4.90 Å². The van der Waals surface area contributed by atoms with E-state index in [0.717, 1.165) is 11.1 Å². The SMILES string of the molecule is COc1ccc(CCN(CC(O)c2ccc(OC(C)=O)cc2)C(=O)OCc2ccccc2)cc1OC. The Labute approximate surface area is 211 Å². The molecule has 8 nitrogen and oxygen atoms in total. The van der Waals surface area contributed by atoms with E-state index in [2.05, 4.69) is 0 Å². The molecule has 0 fully saturated rings. The largest absolute Gasteiger partial charge is 0.493 e. The van der Waals surface area contributed by atoms with Crippen molar-refractivity contribution in [1.29, 1.82) is 0 Å². The Morgan fingerprint density at radius 3 is 2.22 bits per heavy atom. The number of benzene rings is 3. The first-order chi connectivity index (χ1) is 17.4. The van der Waals surface area contributed by atoms with Gasteiger partial charge in [-0.3, -0.25) is 4.79 Å². The van der Waals surface area contributed by atoms with Crippen LogP contribution in [0.5, 0.6) is 17.2 Å². The normalized spacial score (nSPS) is 11.3. The smallest absolute Gasteiger partial charge is 0.410 e. The number of aliphatic hydroxyl groups excluding tert-OH is 1. The van der Waals surface area contributed by atoms with Gasteiger partial charge in [-0.1, -0.05) is 48.5 Å². The number of carbonyl (C=O) groups is 2. The van der Waals surface area contributed by atoms with E-state index in [-0.39, 0.29) is 13.2 Å². The predicted octanol–water partition coefficient (Wildman–Crippen LogP) is 4.54. The first-order valence-electron chi connectivity index (χ1n) is 11.5. The Bertz CT molecular complexity index is 1130. The van der Waals surface area contributed by atoms with Crippen LogP contribution in [0, 0.1) is 0 Å². The fraction of sp³-hybridized carbons (Fsp3) is 0.286. The van der Waals surface area contributed by atoms with Gasteiger partial charge >= 0.3 is 12.1 Å². The third-order valence-corrected chi connectivity index (χ3v) is 5.50. The lowest BCUT2D eigenvalue weighted by Crippen LogP contribution is -2.36. The average Bonchev–Trinajstić information content (AvgIpc) is 2.90. The average molecular weight is 494 g/mol. The van der Waals surface area contributed by atoms with Crippen molar-refractivity contribution >= 4 is 12.1 Å². The summed E-state index contributed by atoms with van der Waals surface area (Å²) < 4.78 is 21.2. The number of esters is 1. The molecule has 3 rings (SSSR count).